The summed E-state index contributed by atoms with van der Waals surface area (Å²) in [6.45, 7) is 2.05. The number of anilines is 1. The molecule has 1 aromatic carbocycles. The third kappa shape index (κ3) is 2.50. The van der Waals surface area contributed by atoms with E-state index in [0.29, 0.717) is 6.61 Å². The van der Waals surface area contributed by atoms with Crippen LogP contribution in [0.15, 0.2) is 18.2 Å². The number of nitrogens with one attached hydrogen (secondary N) is 1. The van der Waals surface area contributed by atoms with Crippen LogP contribution < -0.4 is 5.32 Å². The summed E-state index contributed by atoms with van der Waals surface area (Å²) in [4.78, 5) is 21.8. The molecule has 102 valence electrons. The Balaban J connectivity index is 2.37. The van der Waals surface area contributed by atoms with Gasteiger partial charge in [-0.05, 0) is 18.6 Å². The number of ether oxygens (including phenoxy) is 1. The minimum atomic E-state index is -1.29. The molecule has 1 fully saturated rings. The summed E-state index contributed by atoms with van der Waals surface area (Å²) in [5, 5.41) is 23.1. The monoisotopic (exact) mass is 266 g/mol. The van der Waals surface area contributed by atoms with Gasteiger partial charge in [-0.3, -0.25) is 10.1 Å². The standard InChI is InChI=1S/C12H14N2O5/c1-8-2-3-9(10(6-8)14(17)18)13-12(11(15)16)4-5-19-7-12/h2-3,6,13H,4-5,7H2,1H3,(H,15,16). The second kappa shape index (κ2) is 4.85. The first-order valence-corrected chi connectivity index (χ1v) is 5.79. The summed E-state index contributed by atoms with van der Waals surface area (Å²) in [7, 11) is 0. The number of nitrogens with zero attached hydrogens (tertiary/aromatic N) is 1. The molecular formula is C12H14N2O5. The van der Waals surface area contributed by atoms with Crippen LogP contribution in [0.4, 0.5) is 11.4 Å². The summed E-state index contributed by atoms with van der Waals surface area (Å²) in [6, 6.07) is 4.63. The molecule has 0 radical (unpaired) electrons. The quantitative estimate of drug-likeness (QED) is 0.633. The molecule has 1 saturated heterocycles. The van der Waals surface area contributed by atoms with Gasteiger partial charge < -0.3 is 15.2 Å². The van der Waals surface area contributed by atoms with Crippen molar-refractivity contribution in [1.82, 2.24) is 0 Å². The summed E-state index contributed by atoms with van der Waals surface area (Å²) >= 11 is 0. The number of aliphatic carboxylic acids is 1. The molecule has 0 spiro atoms. The van der Waals surface area contributed by atoms with Crippen LogP contribution in [0.3, 0.4) is 0 Å². The lowest BCUT2D eigenvalue weighted by Crippen LogP contribution is -2.47. The lowest BCUT2D eigenvalue weighted by Gasteiger charge is -2.24. The van der Waals surface area contributed by atoms with E-state index in [9.17, 15) is 20.0 Å². The van der Waals surface area contributed by atoms with E-state index in [2.05, 4.69) is 5.32 Å². The third-order valence-electron chi connectivity index (χ3n) is 3.15. The minimum absolute atomic E-state index is 0.00658. The maximum Gasteiger partial charge on any atom is 0.331 e. The van der Waals surface area contributed by atoms with Crippen LogP contribution in [0, 0.1) is 17.0 Å². The van der Waals surface area contributed by atoms with E-state index in [1.54, 1.807) is 13.0 Å². The van der Waals surface area contributed by atoms with Gasteiger partial charge in [0, 0.05) is 19.1 Å². The second-order valence-electron chi connectivity index (χ2n) is 4.59. The molecule has 0 saturated carbocycles. The van der Waals surface area contributed by atoms with E-state index in [0.717, 1.165) is 5.56 Å². The molecule has 2 rings (SSSR count). The van der Waals surface area contributed by atoms with Gasteiger partial charge in [-0.2, -0.15) is 0 Å². The average molecular weight is 266 g/mol. The van der Waals surface area contributed by atoms with Crippen molar-refractivity contribution in [1.29, 1.82) is 0 Å². The third-order valence-corrected chi connectivity index (χ3v) is 3.15. The molecule has 7 nitrogen and oxygen atoms in total. The van der Waals surface area contributed by atoms with Crippen molar-refractivity contribution < 1.29 is 19.6 Å². The SMILES string of the molecule is Cc1ccc(NC2(C(=O)O)CCOC2)c([N+](=O)[O-])c1. The largest absolute Gasteiger partial charge is 0.479 e. The Kier molecular flexibility index (Phi) is 3.39. The number of hydrogen-bond acceptors (Lipinski definition) is 5. The van der Waals surface area contributed by atoms with Gasteiger partial charge in [0.25, 0.3) is 5.69 Å². The van der Waals surface area contributed by atoms with Gasteiger partial charge >= 0.3 is 5.97 Å². The van der Waals surface area contributed by atoms with Crippen LogP contribution in [0.2, 0.25) is 0 Å². The molecule has 19 heavy (non-hydrogen) atoms. The molecule has 7 heteroatoms. The molecule has 1 atom stereocenters. The highest BCUT2D eigenvalue weighted by atomic mass is 16.6. The maximum absolute atomic E-state index is 11.4. The van der Waals surface area contributed by atoms with E-state index in [1.165, 1.54) is 12.1 Å². The lowest BCUT2D eigenvalue weighted by molar-refractivity contribution is -0.384. The van der Waals surface area contributed by atoms with E-state index in [-0.39, 0.29) is 24.4 Å². The summed E-state index contributed by atoms with van der Waals surface area (Å²) in [6.07, 6.45) is 0.271. The van der Waals surface area contributed by atoms with Crippen LogP contribution in [0.5, 0.6) is 0 Å². The molecule has 1 aromatic rings. The first kappa shape index (κ1) is 13.3. The fourth-order valence-electron chi connectivity index (χ4n) is 2.04. The zero-order valence-corrected chi connectivity index (χ0v) is 10.4. The van der Waals surface area contributed by atoms with E-state index >= 15 is 0 Å². The molecule has 0 bridgehead atoms. The summed E-state index contributed by atoms with van der Waals surface area (Å²) in [5.74, 6) is -1.07. The van der Waals surface area contributed by atoms with Gasteiger partial charge in [0.15, 0.2) is 5.54 Å². The van der Waals surface area contributed by atoms with Crippen molar-refractivity contribution in [3.05, 3.63) is 33.9 Å². The number of carboxylic acid groups (broad SMARTS) is 1. The van der Waals surface area contributed by atoms with Gasteiger partial charge in [-0.1, -0.05) is 6.07 Å². The van der Waals surface area contributed by atoms with Crippen LogP contribution in [-0.2, 0) is 9.53 Å². The van der Waals surface area contributed by atoms with Crippen LogP contribution in [-0.4, -0.2) is 34.8 Å². The highest BCUT2D eigenvalue weighted by Gasteiger charge is 2.43. The van der Waals surface area contributed by atoms with E-state index < -0.39 is 16.4 Å². The van der Waals surface area contributed by atoms with Crippen molar-refractivity contribution in [3.63, 3.8) is 0 Å². The molecule has 1 aliphatic heterocycles. The van der Waals surface area contributed by atoms with Crippen molar-refractivity contribution >= 4 is 17.3 Å². The van der Waals surface area contributed by atoms with Crippen molar-refractivity contribution in [2.45, 2.75) is 18.9 Å². The van der Waals surface area contributed by atoms with Gasteiger partial charge in [-0.25, -0.2) is 4.79 Å². The minimum Gasteiger partial charge on any atom is -0.479 e. The number of nitro benzene ring substituents is 1. The van der Waals surface area contributed by atoms with Crippen molar-refractivity contribution in [2.75, 3.05) is 18.5 Å². The van der Waals surface area contributed by atoms with Crippen LogP contribution in [0.1, 0.15) is 12.0 Å². The highest BCUT2D eigenvalue weighted by molar-refractivity contribution is 5.84. The topological polar surface area (TPSA) is 102 Å². The number of carbonyl (C=O) groups is 1. The number of hydrogen-bond donors (Lipinski definition) is 2. The Morgan fingerprint density at radius 3 is 2.84 bits per heavy atom. The average Bonchev–Trinajstić information content (AvgIpc) is 2.81. The summed E-state index contributed by atoms with van der Waals surface area (Å²) in [5.41, 5.74) is -0.486. The Labute approximate surface area is 109 Å². The maximum atomic E-state index is 11.4. The van der Waals surface area contributed by atoms with Gasteiger partial charge in [0.2, 0.25) is 0 Å². The molecule has 1 heterocycles. The van der Waals surface area contributed by atoms with Crippen molar-refractivity contribution in [2.24, 2.45) is 0 Å². The number of benzene rings is 1. The Morgan fingerprint density at radius 2 is 2.32 bits per heavy atom. The number of carboxylic acids is 1. The first-order valence-electron chi connectivity index (χ1n) is 5.79. The smallest absolute Gasteiger partial charge is 0.331 e. The highest BCUT2D eigenvalue weighted by Crippen LogP contribution is 2.31. The molecular weight excluding hydrogens is 252 g/mol. The predicted octanol–water partition coefficient (Wildman–Crippen LogP) is 1.56. The van der Waals surface area contributed by atoms with E-state index in [1.807, 2.05) is 0 Å². The van der Waals surface area contributed by atoms with E-state index in [4.69, 9.17) is 4.74 Å². The second-order valence-corrected chi connectivity index (χ2v) is 4.59. The Bertz CT molecular complexity index is 523. The fourth-order valence-corrected chi connectivity index (χ4v) is 2.04. The first-order chi connectivity index (χ1) is 8.94. The van der Waals surface area contributed by atoms with Crippen LogP contribution >= 0.6 is 0 Å². The molecule has 2 N–H and O–H groups in total. The Morgan fingerprint density at radius 1 is 1.58 bits per heavy atom. The Hall–Kier alpha value is -2.15. The normalized spacial score (nSPS) is 22.2. The van der Waals surface area contributed by atoms with Gasteiger partial charge in [0.05, 0.1) is 11.5 Å². The number of nitro groups is 1. The van der Waals surface area contributed by atoms with Gasteiger partial charge in [0.1, 0.15) is 5.69 Å². The van der Waals surface area contributed by atoms with Crippen LogP contribution in [0.25, 0.3) is 0 Å². The zero-order chi connectivity index (χ0) is 14.0. The fraction of sp³-hybridized carbons (Fsp3) is 0.417. The van der Waals surface area contributed by atoms with Crippen molar-refractivity contribution in [3.8, 4) is 0 Å². The molecule has 1 aliphatic rings. The summed E-state index contributed by atoms with van der Waals surface area (Å²) < 4.78 is 5.10. The molecule has 1 unspecified atom stereocenters. The number of rotatable bonds is 4. The zero-order valence-electron chi connectivity index (χ0n) is 10.4. The lowest BCUT2D eigenvalue weighted by atomic mass is 9.98. The molecule has 0 aliphatic carbocycles. The molecule has 0 amide bonds. The predicted molar refractivity (Wildman–Crippen MR) is 67.3 cm³/mol. The number of aryl methyl sites for hydroxylation is 1. The molecule has 0 aromatic heterocycles. The van der Waals surface area contributed by atoms with Gasteiger partial charge in [-0.15, -0.1) is 0 Å².